The molecule has 0 spiro atoms. The van der Waals surface area contributed by atoms with Crippen LogP contribution in [-0.2, 0) is 18.5 Å². The molecule has 136 valence electrons. The summed E-state index contributed by atoms with van der Waals surface area (Å²) < 4.78 is 68.3. The summed E-state index contributed by atoms with van der Waals surface area (Å²) in [6.07, 6.45) is -3.98. The molecule has 0 amide bonds. The number of fused-ring (bicyclic) bond motifs is 2. The maximum atomic E-state index is 14.1. The molecule has 4 nitrogen and oxygen atoms in total. The summed E-state index contributed by atoms with van der Waals surface area (Å²) in [5.74, 6) is -4.00. The van der Waals surface area contributed by atoms with Gasteiger partial charge in [0.05, 0.1) is 0 Å². The summed E-state index contributed by atoms with van der Waals surface area (Å²) in [6, 6.07) is 6.76. The van der Waals surface area contributed by atoms with Crippen LogP contribution in [-0.4, -0.2) is 21.1 Å². The summed E-state index contributed by atoms with van der Waals surface area (Å²) in [7, 11) is 0. The van der Waals surface area contributed by atoms with E-state index in [2.05, 4.69) is 15.3 Å². The lowest BCUT2D eigenvalue weighted by atomic mass is 10.1. The topological polar surface area (TPSA) is 42.7 Å². The minimum Gasteiger partial charge on any atom is -0.384 e. The van der Waals surface area contributed by atoms with Crippen LogP contribution in [0.5, 0.6) is 0 Å². The van der Waals surface area contributed by atoms with Crippen LogP contribution in [0.15, 0.2) is 30.3 Å². The number of nitrogens with one attached hydrogen (secondary N) is 1. The van der Waals surface area contributed by atoms with Gasteiger partial charge in [0.25, 0.3) is 0 Å². The van der Waals surface area contributed by atoms with Crippen molar-refractivity contribution in [1.29, 1.82) is 0 Å². The Balaban J connectivity index is 2.01. The Morgan fingerprint density at radius 3 is 2.50 bits per heavy atom. The number of hydrogen-bond acceptors (Lipinski definition) is 3. The van der Waals surface area contributed by atoms with Gasteiger partial charge in [0.15, 0.2) is 11.5 Å². The average molecular weight is 368 g/mol. The van der Waals surface area contributed by atoms with Gasteiger partial charge >= 0.3 is 12.1 Å². The summed E-state index contributed by atoms with van der Waals surface area (Å²) >= 11 is 0. The van der Waals surface area contributed by atoms with Gasteiger partial charge < -0.3 is 5.32 Å². The molecule has 0 atom stereocenters. The highest BCUT2D eigenvalue weighted by Gasteiger charge is 2.36. The number of benzene rings is 1. The second-order valence-electron chi connectivity index (χ2n) is 6.21. The van der Waals surface area contributed by atoms with Crippen molar-refractivity contribution in [2.75, 3.05) is 11.9 Å². The third kappa shape index (κ3) is 2.67. The standard InChI is InChI=1S/C17H13F5N4/c1-16(18,19)15-24-12-4-5-13(17(20,21)22)25-14(12)26(15)10-2-3-11-9(8-10)6-7-23-11/h2-5,8,23H,6-7H2,1H3. The Kier molecular flexibility index (Phi) is 3.47. The van der Waals surface area contributed by atoms with Crippen molar-refractivity contribution in [3.05, 3.63) is 47.4 Å². The molecule has 0 fully saturated rings. The number of nitrogens with zero attached hydrogens (tertiary/aromatic N) is 3. The van der Waals surface area contributed by atoms with Crippen molar-refractivity contribution < 1.29 is 22.0 Å². The van der Waals surface area contributed by atoms with E-state index in [4.69, 9.17) is 0 Å². The van der Waals surface area contributed by atoms with E-state index in [1.807, 2.05) is 0 Å². The lowest BCUT2D eigenvalue weighted by Crippen LogP contribution is -2.16. The molecule has 1 aliphatic heterocycles. The van der Waals surface area contributed by atoms with E-state index in [1.54, 1.807) is 18.2 Å². The third-order valence-corrected chi connectivity index (χ3v) is 4.24. The fraction of sp³-hybridized carbons (Fsp3) is 0.294. The minimum atomic E-state index is -4.68. The summed E-state index contributed by atoms with van der Waals surface area (Å²) in [6.45, 7) is 1.38. The number of pyridine rings is 1. The van der Waals surface area contributed by atoms with Crippen LogP contribution in [0.2, 0.25) is 0 Å². The number of anilines is 1. The Hall–Kier alpha value is -2.71. The zero-order valence-electron chi connectivity index (χ0n) is 13.5. The van der Waals surface area contributed by atoms with Crippen molar-refractivity contribution in [2.45, 2.75) is 25.4 Å². The molecule has 2 aromatic heterocycles. The molecule has 1 aliphatic rings. The first-order valence-electron chi connectivity index (χ1n) is 7.87. The quantitative estimate of drug-likeness (QED) is 0.677. The number of rotatable bonds is 2. The normalized spacial score (nSPS) is 14.5. The number of halogens is 5. The number of hydrogen-bond donors (Lipinski definition) is 1. The molecular weight excluding hydrogens is 355 g/mol. The van der Waals surface area contributed by atoms with E-state index in [0.717, 1.165) is 34.5 Å². The van der Waals surface area contributed by atoms with Gasteiger partial charge in [0.1, 0.15) is 11.2 Å². The lowest BCUT2D eigenvalue weighted by molar-refractivity contribution is -0.141. The first-order valence-corrected chi connectivity index (χ1v) is 7.87. The fourth-order valence-electron chi connectivity index (χ4n) is 3.08. The first kappa shape index (κ1) is 16.7. The van der Waals surface area contributed by atoms with Crippen molar-refractivity contribution in [2.24, 2.45) is 0 Å². The van der Waals surface area contributed by atoms with E-state index in [1.165, 1.54) is 0 Å². The molecule has 3 aromatic rings. The van der Waals surface area contributed by atoms with Crippen molar-refractivity contribution >= 4 is 16.9 Å². The van der Waals surface area contributed by atoms with Crippen LogP contribution in [0.4, 0.5) is 27.6 Å². The van der Waals surface area contributed by atoms with Gasteiger partial charge in [-0.25, -0.2) is 9.97 Å². The molecule has 9 heteroatoms. The molecule has 3 heterocycles. The average Bonchev–Trinajstić information content (AvgIpc) is 3.16. The third-order valence-electron chi connectivity index (χ3n) is 4.24. The maximum Gasteiger partial charge on any atom is 0.433 e. The van der Waals surface area contributed by atoms with Crippen molar-refractivity contribution in [3.63, 3.8) is 0 Å². The lowest BCUT2D eigenvalue weighted by Gasteiger charge is -2.15. The highest BCUT2D eigenvalue weighted by atomic mass is 19.4. The van der Waals surface area contributed by atoms with E-state index in [0.29, 0.717) is 19.0 Å². The van der Waals surface area contributed by atoms with Crippen LogP contribution in [0, 0.1) is 0 Å². The van der Waals surface area contributed by atoms with Crippen LogP contribution in [0.1, 0.15) is 24.0 Å². The van der Waals surface area contributed by atoms with E-state index < -0.39 is 23.6 Å². The molecule has 1 N–H and O–H groups in total. The van der Waals surface area contributed by atoms with Crippen LogP contribution in [0.3, 0.4) is 0 Å². The zero-order chi connectivity index (χ0) is 18.7. The van der Waals surface area contributed by atoms with Gasteiger partial charge in [0.2, 0.25) is 0 Å². The summed E-state index contributed by atoms with van der Waals surface area (Å²) in [5, 5.41) is 3.15. The number of aromatic nitrogens is 3. The van der Waals surface area contributed by atoms with Gasteiger partial charge in [-0.2, -0.15) is 22.0 Å². The van der Waals surface area contributed by atoms with Crippen molar-refractivity contribution in [1.82, 2.24) is 14.5 Å². The van der Waals surface area contributed by atoms with Crippen LogP contribution < -0.4 is 5.32 Å². The van der Waals surface area contributed by atoms with Crippen LogP contribution >= 0.6 is 0 Å². The Bertz CT molecular complexity index is 1000. The summed E-state index contributed by atoms with van der Waals surface area (Å²) in [5.41, 5.74) is 0.669. The molecule has 0 saturated heterocycles. The van der Waals surface area contributed by atoms with E-state index in [-0.39, 0.29) is 11.2 Å². The van der Waals surface area contributed by atoms with Gasteiger partial charge in [-0.15, -0.1) is 0 Å². The SMILES string of the molecule is CC(F)(F)c1nc2ccc(C(F)(F)F)nc2n1-c1ccc2c(c1)CCN2. The van der Waals surface area contributed by atoms with Crippen LogP contribution in [0.25, 0.3) is 16.9 Å². The monoisotopic (exact) mass is 368 g/mol. The molecule has 0 bridgehead atoms. The molecule has 1 aromatic carbocycles. The molecule has 4 rings (SSSR count). The Labute approximate surface area is 144 Å². The molecule has 0 aliphatic carbocycles. The first-order chi connectivity index (χ1) is 12.1. The summed E-state index contributed by atoms with van der Waals surface area (Å²) in [4.78, 5) is 7.42. The molecular formula is C17H13F5N4. The number of imidazole rings is 1. The largest absolute Gasteiger partial charge is 0.433 e. The molecule has 0 saturated carbocycles. The van der Waals surface area contributed by atoms with Gasteiger partial charge in [-0.3, -0.25) is 4.57 Å². The van der Waals surface area contributed by atoms with Gasteiger partial charge in [0, 0.05) is 24.8 Å². The van der Waals surface area contributed by atoms with Gasteiger partial charge in [-0.05, 0) is 42.3 Å². The highest BCUT2D eigenvalue weighted by Crippen LogP contribution is 2.35. The fourth-order valence-corrected chi connectivity index (χ4v) is 3.08. The predicted molar refractivity (Wildman–Crippen MR) is 85.6 cm³/mol. The smallest absolute Gasteiger partial charge is 0.384 e. The zero-order valence-corrected chi connectivity index (χ0v) is 13.5. The Morgan fingerprint density at radius 2 is 1.81 bits per heavy atom. The second-order valence-corrected chi connectivity index (χ2v) is 6.21. The molecule has 0 radical (unpaired) electrons. The Morgan fingerprint density at radius 1 is 1.04 bits per heavy atom. The number of alkyl halides is 5. The predicted octanol–water partition coefficient (Wildman–Crippen LogP) is 4.52. The van der Waals surface area contributed by atoms with Crippen molar-refractivity contribution in [3.8, 4) is 5.69 Å². The second kappa shape index (κ2) is 5.39. The maximum absolute atomic E-state index is 14.1. The molecule has 26 heavy (non-hydrogen) atoms. The molecule has 0 unspecified atom stereocenters. The van der Waals surface area contributed by atoms with E-state index >= 15 is 0 Å². The van der Waals surface area contributed by atoms with Gasteiger partial charge in [-0.1, -0.05) is 0 Å². The van der Waals surface area contributed by atoms with E-state index in [9.17, 15) is 22.0 Å². The highest BCUT2D eigenvalue weighted by molar-refractivity contribution is 5.75. The minimum absolute atomic E-state index is 0.0202.